The van der Waals surface area contributed by atoms with Crippen LogP contribution in [0.1, 0.15) is 29.0 Å². The highest BCUT2D eigenvalue weighted by Gasteiger charge is 2.26. The third-order valence-corrected chi connectivity index (χ3v) is 6.73. The lowest BCUT2D eigenvalue weighted by Gasteiger charge is -2.22. The number of nitrogens with one attached hydrogen (secondary N) is 2. The first kappa shape index (κ1) is 25.4. The van der Waals surface area contributed by atoms with E-state index < -0.39 is 10.0 Å². The first-order valence-corrected chi connectivity index (χ1v) is 11.7. The Morgan fingerprint density at radius 2 is 1.90 bits per heavy atom. The van der Waals surface area contributed by atoms with Gasteiger partial charge in [-0.1, -0.05) is 36.4 Å². The third-order valence-electron chi connectivity index (χ3n) is 5.40. The van der Waals surface area contributed by atoms with Gasteiger partial charge in [-0.3, -0.25) is 4.99 Å². The Balaban J connectivity index is 0.00000341. The summed E-state index contributed by atoms with van der Waals surface area (Å²) in [6.07, 6.45) is 1.07. The molecule has 0 saturated carbocycles. The molecule has 1 aliphatic rings. The van der Waals surface area contributed by atoms with Crippen molar-refractivity contribution in [1.82, 2.24) is 14.9 Å². The van der Waals surface area contributed by atoms with Crippen molar-refractivity contribution in [3.8, 4) is 5.75 Å². The van der Waals surface area contributed by atoms with Gasteiger partial charge in [0.2, 0.25) is 10.0 Å². The molecule has 7 nitrogen and oxygen atoms in total. The zero-order valence-corrected chi connectivity index (χ0v) is 21.3. The Labute approximate surface area is 202 Å². The third kappa shape index (κ3) is 7.08. The summed E-state index contributed by atoms with van der Waals surface area (Å²) in [6, 6.07) is 15.9. The maximum atomic E-state index is 11.8. The lowest BCUT2D eigenvalue weighted by atomic mass is 9.98. The van der Waals surface area contributed by atoms with Gasteiger partial charge < -0.3 is 15.0 Å². The molecule has 3 rings (SSSR count). The van der Waals surface area contributed by atoms with Crippen molar-refractivity contribution in [3.63, 3.8) is 0 Å². The quantitative estimate of drug-likeness (QED) is 0.310. The van der Waals surface area contributed by atoms with Crippen LogP contribution in [0.15, 0.2) is 53.5 Å². The molecule has 0 radical (unpaired) electrons. The van der Waals surface area contributed by atoms with E-state index in [9.17, 15) is 8.42 Å². The summed E-state index contributed by atoms with van der Waals surface area (Å²) < 4.78 is 31.2. The van der Waals surface area contributed by atoms with Crippen LogP contribution in [0.5, 0.6) is 5.75 Å². The van der Waals surface area contributed by atoms with Crippen LogP contribution >= 0.6 is 24.0 Å². The van der Waals surface area contributed by atoms with E-state index in [1.807, 2.05) is 36.4 Å². The first-order valence-electron chi connectivity index (χ1n) is 10.0. The van der Waals surface area contributed by atoms with Gasteiger partial charge in [0.05, 0.1) is 12.9 Å². The van der Waals surface area contributed by atoms with E-state index in [-0.39, 0.29) is 29.7 Å². The van der Waals surface area contributed by atoms with E-state index in [4.69, 9.17) is 4.74 Å². The molecule has 1 heterocycles. The Morgan fingerprint density at radius 3 is 2.55 bits per heavy atom. The molecule has 0 aliphatic carbocycles. The normalized spacial score (nSPS) is 16.7. The summed E-state index contributed by atoms with van der Waals surface area (Å²) >= 11 is 0. The molecule has 1 saturated heterocycles. The molecule has 2 aromatic carbocycles. The van der Waals surface area contributed by atoms with Crippen molar-refractivity contribution in [2.45, 2.75) is 24.6 Å². The molecule has 170 valence electrons. The van der Waals surface area contributed by atoms with E-state index in [0.717, 1.165) is 42.3 Å². The van der Waals surface area contributed by atoms with Crippen LogP contribution in [0.25, 0.3) is 0 Å². The highest BCUT2D eigenvalue weighted by molar-refractivity contribution is 14.0. The van der Waals surface area contributed by atoms with Crippen LogP contribution in [-0.2, 0) is 22.3 Å². The Morgan fingerprint density at radius 1 is 1.19 bits per heavy atom. The van der Waals surface area contributed by atoms with Gasteiger partial charge in [-0.25, -0.2) is 13.1 Å². The monoisotopic (exact) mass is 558 g/mol. The molecule has 2 N–H and O–H groups in total. The molecule has 9 heteroatoms. The highest BCUT2D eigenvalue weighted by Crippen LogP contribution is 2.28. The number of aliphatic imine (C=N–C) groups is 1. The number of ether oxygens (including phenoxy) is 1. The molecular weight excluding hydrogens is 527 g/mol. The Hall–Kier alpha value is -1.85. The highest BCUT2D eigenvalue weighted by atomic mass is 127. The second-order valence-electron chi connectivity index (χ2n) is 7.39. The van der Waals surface area contributed by atoms with E-state index in [1.165, 1.54) is 12.6 Å². The predicted molar refractivity (Wildman–Crippen MR) is 136 cm³/mol. The largest absolute Gasteiger partial charge is 0.497 e. The van der Waals surface area contributed by atoms with E-state index in [0.29, 0.717) is 12.5 Å². The number of benzene rings is 2. The van der Waals surface area contributed by atoms with Gasteiger partial charge in [-0.05, 0) is 42.3 Å². The van der Waals surface area contributed by atoms with Crippen LogP contribution in [0.3, 0.4) is 0 Å². The summed E-state index contributed by atoms with van der Waals surface area (Å²) in [4.78, 5) is 6.71. The van der Waals surface area contributed by atoms with Gasteiger partial charge in [-0.2, -0.15) is 0 Å². The van der Waals surface area contributed by atoms with Gasteiger partial charge in [0.25, 0.3) is 0 Å². The van der Waals surface area contributed by atoms with Crippen molar-refractivity contribution >= 4 is 40.0 Å². The van der Waals surface area contributed by atoms with Crippen molar-refractivity contribution in [2.24, 2.45) is 4.99 Å². The fraction of sp³-hybridized carbons (Fsp3) is 0.409. The topological polar surface area (TPSA) is 83.0 Å². The smallest absolute Gasteiger partial charge is 0.215 e. The molecule has 0 bridgehead atoms. The fourth-order valence-corrected chi connectivity index (χ4v) is 4.50. The molecule has 0 amide bonds. The summed E-state index contributed by atoms with van der Waals surface area (Å²) in [5, 5.41) is 3.41. The lowest BCUT2D eigenvalue weighted by molar-refractivity contribution is 0.414. The van der Waals surface area contributed by atoms with Gasteiger partial charge >= 0.3 is 0 Å². The molecule has 1 aliphatic heterocycles. The second kappa shape index (κ2) is 11.7. The molecule has 31 heavy (non-hydrogen) atoms. The van der Waals surface area contributed by atoms with Crippen LogP contribution in [0.4, 0.5) is 0 Å². The first-order chi connectivity index (χ1) is 14.4. The number of likely N-dealkylation sites (tertiary alicyclic amines) is 1. The zero-order valence-electron chi connectivity index (χ0n) is 18.2. The summed E-state index contributed by atoms with van der Waals surface area (Å²) in [7, 11) is 1.61. The SMILES string of the molecule is CN=C(NCc1cccc(CS(=O)(=O)NC)c1)N1CCC(c2ccc(OC)cc2)C1.I. The number of guanidine groups is 1. The van der Waals surface area contributed by atoms with Crippen LogP contribution in [0.2, 0.25) is 0 Å². The minimum Gasteiger partial charge on any atom is -0.497 e. The number of nitrogens with zero attached hydrogens (tertiary/aromatic N) is 2. The molecule has 1 unspecified atom stereocenters. The molecule has 1 fully saturated rings. The van der Waals surface area contributed by atoms with Gasteiger partial charge in [0, 0.05) is 32.6 Å². The van der Waals surface area contributed by atoms with E-state index in [2.05, 4.69) is 32.1 Å². The maximum absolute atomic E-state index is 11.8. The van der Waals surface area contributed by atoms with Gasteiger partial charge in [0.1, 0.15) is 5.75 Å². The maximum Gasteiger partial charge on any atom is 0.215 e. The van der Waals surface area contributed by atoms with Crippen molar-refractivity contribution in [1.29, 1.82) is 0 Å². The Bertz CT molecular complexity index is 981. The van der Waals surface area contributed by atoms with Gasteiger partial charge in [-0.15, -0.1) is 24.0 Å². The fourth-order valence-electron chi connectivity index (χ4n) is 3.74. The summed E-state index contributed by atoms with van der Waals surface area (Å²) in [5.74, 6) is 2.17. The number of rotatable bonds is 7. The van der Waals surface area contributed by atoms with Crippen molar-refractivity contribution in [3.05, 3.63) is 65.2 Å². The molecular formula is C22H31IN4O3S. The molecule has 1 atom stereocenters. The van der Waals surface area contributed by atoms with E-state index in [1.54, 1.807) is 14.2 Å². The minimum absolute atomic E-state index is 0. The van der Waals surface area contributed by atoms with Crippen LogP contribution in [-0.4, -0.2) is 53.6 Å². The lowest BCUT2D eigenvalue weighted by Crippen LogP contribution is -2.39. The average molecular weight is 558 g/mol. The second-order valence-corrected chi connectivity index (χ2v) is 9.32. The molecule has 0 aromatic heterocycles. The standard InChI is InChI=1S/C22H30N4O3S.HI/c1-23-22(25-14-17-5-4-6-18(13-17)16-30(27,28)24-2)26-12-11-20(15-26)19-7-9-21(29-3)10-8-19;/h4-10,13,20,24H,11-12,14-16H2,1-3H3,(H,23,25);1H. The predicted octanol–water partition coefficient (Wildman–Crippen LogP) is 2.93. The van der Waals surface area contributed by atoms with Crippen molar-refractivity contribution in [2.75, 3.05) is 34.3 Å². The number of methoxy groups -OCH3 is 1. The van der Waals surface area contributed by atoms with Crippen LogP contribution in [0, 0.1) is 0 Å². The summed E-state index contributed by atoms with van der Waals surface area (Å²) in [6.45, 7) is 2.44. The van der Waals surface area contributed by atoms with Gasteiger partial charge in [0.15, 0.2) is 5.96 Å². The van der Waals surface area contributed by atoms with E-state index >= 15 is 0 Å². The molecule has 0 spiro atoms. The number of hydrogen-bond acceptors (Lipinski definition) is 4. The van der Waals surface area contributed by atoms with Crippen LogP contribution < -0.4 is 14.8 Å². The number of halogens is 1. The average Bonchev–Trinajstić information content (AvgIpc) is 3.24. The minimum atomic E-state index is -3.29. The van der Waals surface area contributed by atoms with Crippen molar-refractivity contribution < 1.29 is 13.2 Å². The summed E-state index contributed by atoms with van der Waals surface area (Å²) in [5.41, 5.74) is 3.09. The molecule has 2 aromatic rings. The Kier molecular flexibility index (Phi) is 9.57. The number of hydrogen-bond donors (Lipinski definition) is 2. The number of sulfonamides is 1. The zero-order chi connectivity index (χ0) is 21.6.